The standard InChI is InChI=1S/C12H20N2O4S2.ClH/c1-4-5-13-6-7-14-20(16,17)11-9(2)8-19-10(11)12(15)18-3;/h8,13-14H,4-7H2,1-3H3;1H. The topological polar surface area (TPSA) is 84.5 Å². The first kappa shape index (κ1) is 20.3. The summed E-state index contributed by atoms with van der Waals surface area (Å²) in [5.41, 5.74) is 0.546. The fourth-order valence-corrected chi connectivity index (χ4v) is 4.38. The highest BCUT2D eigenvalue weighted by Crippen LogP contribution is 2.27. The molecular weight excluding hydrogens is 336 g/mol. The predicted octanol–water partition coefficient (Wildman–Crippen LogP) is 1.54. The molecule has 0 radical (unpaired) electrons. The van der Waals surface area contributed by atoms with Gasteiger partial charge >= 0.3 is 5.97 Å². The number of sulfonamides is 1. The van der Waals surface area contributed by atoms with Crippen molar-refractivity contribution in [1.29, 1.82) is 0 Å². The lowest BCUT2D eigenvalue weighted by atomic mass is 10.3. The van der Waals surface area contributed by atoms with E-state index >= 15 is 0 Å². The lowest BCUT2D eigenvalue weighted by Gasteiger charge is -2.09. The number of halogens is 1. The Hall–Kier alpha value is -0.670. The van der Waals surface area contributed by atoms with Gasteiger partial charge in [0.25, 0.3) is 0 Å². The second-order valence-corrected chi connectivity index (χ2v) is 6.80. The molecule has 0 saturated heterocycles. The van der Waals surface area contributed by atoms with E-state index in [1.54, 1.807) is 12.3 Å². The van der Waals surface area contributed by atoms with Crippen molar-refractivity contribution in [2.75, 3.05) is 26.7 Å². The fourth-order valence-electron chi connectivity index (χ4n) is 1.65. The van der Waals surface area contributed by atoms with Gasteiger partial charge in [0, 0.05) is 13.1 Å². The van der Waals surface area contributed by atoms with Crippen molar-refractivity contribution < 1.29 is 17.9 Å². The summed E-state index contributed by atoms with van der Waals surface area (Å²) in [5.74, 6) is -0.632. The summed E-state index contributed by atoms with van der Waals surface area (Å²) in [6.45, 7) is 5.36. The van der Waals surface area contributed by atoms with Gasteiger partial charge in [-0.2, -0.15) is 0 Å². The molecule has 0 spiro atoms. The summed E-state index contributed by atoms with van der Waals surface area (Å²) < 4.78 is 31.6. The predicted molar refractivity (Wildman–Crippen MR) is 86.0 cm³/mol. The van der Waals surface area contributed by atoms with Gasteiger partial charge in [0.2, 0.25) is 10.0 Å². The first-order chi connectivity index (χ1) is 9.44. The van der Waals surface area contributed by atoms with E-state index in [-0.39, 0.29) is 28.7 Å². The number of carbonyl (C=O) groups excluding carboxylic acids is 1. The number of esters is 1. The first-order valence-corrected chi connectivity index (χ1v) is 8.67. The molecule has 0 aliphatic rings. The van der Waals surface area contributed by atoms with Crippen molar-refractivity contribution in [2.45, 2.75) is 25.2 Å². The van der Waals surface area contributed by atoms with E-state index in [1.807, 2.05) is 6.92 Å². The number of rotatable bonds is 8. The quantitative estimate of drug-likeness (QED) is 0.545. The summed E-state index contributed by atoms with van der Waals surface area (Å²) in [6.07, 6.45) is 0.989. The lowest BCUT2D eigenvalue weighted by molar-refractivity contribution is 0.0602. The summed E-state index contributed by atoms with van der Waals surface area (Å²) in [5, 5.41) is 4.74. The molecule has 1 aromatic rings. The molecule has 0 aliphatic carbocycles. The highest BCUT2D eigenvalue weighted by molar-refractivity contribution is 7.89. The number of methoxy groups -OCH3 is 1. The van der Waals surface area contributed by atoms with E-state index in [9.17, 15) is 13.2 Å². The maximum absolute atomic E-state index is 12.2. The zero-order valence-corrected chi connectivity index (χ0v) is 14.7. The third-order valence-electron chi connectivity index (χ3n) is 2.58. The molecule has 9 heteroatoms. The Balaban J connectivity index is 0.00000400. The molecule has 21 heavy (non-hydrogen) atoms. The van der Waals surface area contributed by atoms with Gasteiger partial charge in [0.15, 0.2) is 0 Å². The number of hydrogen-bond acceptors (Lipinski definition) is 6. The highest BCUT2D eigenvalue weighted by atomic mass is 35.5. The smallest absolute Gasteiger partial charge is 0.349 e. The van der Waals surface area contributed by atoms with Crippen LogP contribution in [0, 0.1) is 6.92 Å². The molecule has 0 aromatic carbocycles. The molecule has 2 N–H and O–H groups in total. The molecule has 122 valence electrons. The molecule has 1 aromatic heterocycles. The largest absolute Gasteiger partial charge is 0.465 e. The van der Waals surface area contributed by atoms with Crippen LogP contribution in [0.5, 0.6) is 0 Å². The maximum Gasteiger partial charge on any atom is 0.349 e. The van der Waals surface area contributed by atoms with Crippen LogP contribution in [0.1, 0.15) is 28.6 Å². The van der Waals surface area contributed by atoms with E-state index in [2.05, 4.69) is 14.8 Å². The third-order valence-corrected chi connectivity index (χ3v) is 5.43. The van der Waals surface area contributed by atoms with E-state index in [4.69, 9.17) is 0 Å². The monoisotopic (exact) mass is 356 g/mol. The number of thiophene rings is 1. The molecule has 0 aliphatic heterocycles. The Kier molecular flexibility index (Phi) is 9.07. The van der Waals surface area contributed by atoms with Gasteiger partial charge < -0.3 is 10.1 Å². The first-order valence-electron chi connectivity index (χ1n) is 6.30. The Morgan fingerprint density at radius 3 is 2.57 bits per heavy atom. The Morgan fingerprint density at radius 2 is 2.00 bits per heavy atom. The van der Waals surface area contributed by atoms with Gasteiger partial charge in [-0.05, 0) is 30.8 Å². The number of hydrogen-bond donors (Lipinski definition) is 2. The van der Waals surface area contributed by atoms with Gasteiger partial charge in [0.05, 0.1) is 7.11 Å². The Bertz CT molecular complexity index is 558. The van der Waals surface area contributed by atoms with E-state index < -0.39 is 16.0 Å². The zero-order chi connectivity index (χ0) is 15.2. The number of aryl methyl sites for hydroxylation is 1. The van der Waals surface area contributed by atoms with Gasteiger partial charge in [-0.3, -0.25) is 0 Å². The highest BCUT2D eigenvalue weighted by Gasteiger charge is 2.26. The van der Waals surface area contributed by atoms with E-state index in [0.29, 0.717) is 12.1 Å². The molecule has 6 nitrogen and oxygen atoms in total. The van der Waals surface area contributed by atoms with E-state index in [0.717, 1.165) is 24.3 Å². The average molecular weight is 357 g/mol. The molecule has 0 atom stereocenters. The summed E-state index contributed by atoms with van der Waals surface area (Å²) >= 11 is 1.07. The van der Waals surface area contributed by atoms with Crippen molar-refractivity contribution in [3.8, 4) is 0 Å². The molecular formula is C12H21ClN2O4S2. The minimum atomic E-state index is -3.70. The van der Waals surface area contributed by atoms with Crippen molar-refractivity contribution in [1.82, 2.24) is 10.0 Å². The Morgan fingerprint density at radius 1 is 1.33 bits per heavy atom. The molecule has 0 bridgehead atoms. The number of ether oxygens (including phenoxy) is 1. The molecule has 0 unspecified atom stereocenters. The van der Waals surface area contributed by atoms with Crippen LogP contribution < -0.4 is 10.0 Å². The SMILES string of the molecule is CCCNCCNS(=O)(=O)c1c(C)csc1C(=O)OC.Cl. The summed E-state index contributed by atoms with van der Waals surface area (Å²) in [4.78, 5) is 11.7. The minimum Gasteiger partial charge on any atom is -0.465 e. The molecule has 0 saturated carbocycles. The van der Waals surface area contributed by atoms with Gasteiger partial charge in [-0.25, -0.2) is 17.9 Å². The second-order valence-electron chi connectivity index (χ2n) is 4.22. The normalized spacial score (nSPS) is 11.0. The molecule has 0 fully saturated rings. The van der Waals surface area contributed by atoms with Crippen molar-refractivity contribution >= 4 is 39.7 Å². The van der Waals surface area contributed by atoms with Crippen LogP contribution >= 0.6 is 23.7 Å². The second kappa shape index (κ2) is 9.37. The van der Waals surface area contributed by atoms with Crippen molar-refractivity contribution in [3.05, 3.63) is 15.8 Å². The number of carbonyl (C=O) groups is 1. The maximum atomic E-state index is 12.2. The van der Waals surface area contributed by atoms with Gasteiger partial charge in [0.1, 0.15) is 9.77 Å². The zero-order valence-electron chi connectivity index (χ0n) is 12.3. The Labute approximate surface area is 135 Å². The van der Waals surface area contributed by atoms with Crippen LogP contribution in [0.15, 0.2) is 10.3 Å². The van der Waals surface area contributed by atoms with Crippen LogP contribution in [0.25, 0.3) is 0 Å². The summed E-state index contributed by atoms with van der Waals surface area (Å²) in [7, 11) is -2.47. The minimum absolute atomic E-state index is 0. The van der Waals surface area contributed by atoms with Crippen LogP contribution in [0.2, 0.25) is 0 Å². The summed E-state index contributed by atoms with van der Waals surface area (Å²) in [6, 6.07) is 0. The number of nitrogens with one attached hydrogen (secondary N) is 2. The van der Waals surface area contributed by atoms with Crippen molar-refractivity contribution in [2.24, 2.45) is 0 Å². The van der Waals surface area contributed by atoms with Crippen molar-refractivity contribution in [3.63, 3.8) is 0 Å². The average Bonchev–Trinajstić information content (AvgIpc) is 2.80. The lowest BCUT2D eigenvalue weighted by Crippen LogP contribution is -2.33. The van der Waals surface area contributed by atoms with Crippen LogP contribution in [-0.4, -0.2) is 41.1 Å². The van der Waals surface area contributed by atoms with Gasteiger partial charge in [-0.1, -0.05) is 6.92 Å². The fraction of sp³-hybridized carbons (Fsp3) is 0.583. The van der Waals surface area contributed by atoms with Gasteiger partial charge in [-0.15, -0.1) is 23.7 Å². The van der Waals surface area contributed by atoms with Crippen LogP contribution in [0.4, 0.5) is 0 Å². The third kappa shape index (κ3) is 5.55. The van der Waals surface area contributed by atoms with Crippen LogP contribution in [0.3, 0.4) is 0 Å². The van der Waals surface area contributed by atoms with Crippen LogP contribution in [-0.2, 0) is 14.8 Å². The molecule has 1 rings (SSSR count). The van der Waals surface area contributed by atoms with E-state index in [1.165, 1.54) is 7.11 Å². The molecule has 0 amide bonds. The molecule has 1 heterocycles.